The second-order valence-electron chi connectivity index (χ2n) is 10.1. The lowest BCUT2D eigenvalue weighted by atomic mass is 10.1. The van der Waals surface area contributed by atoms with Gasteiger partial charge in [0.15, 0.2) is 6.23 Å². The summed E-state index contributed by atoms with van der Waals surface area (Å²) in [6.45, 7) is 6.46. The van der Waals surface area contributed by atoms with Gasteiger partial charge >= 0.3 is 0 Å². The Morgan fingerprint density at radius 3 is 2.42 bits per heavy atom. The van der Waals surface area contributed by atoms with Crippen molar-refractivity contribution in [2.75, 3.05) is 6.61 Å². The Morgan fingerprint density at radius 2 is 1.77 bits per heavy atom. The van der Waals surface area contributed by atoms with Gasteiger partial charge in [0, 0.05) is 5.56 Å². The van der Waals surface area contributed by atoms with Crippen LogP contribution in [-0.2, 0) is 10.0 Å². The van der Waals surface area contributed by atoms with Crippen molar-refractivity contribution in [1.29, 1.82) is 0 Å². The summed E-state index contributed by atoms with van der Waals surface area (Å²) in [4.78, 5) is 17.5. The molecule has 1 amide bonds. The van der Waals surface area contributed by atoms with Crippen LogP contribution in [0.5, 0.6) is 17.4 Å². The molecule has 2 aliphatic rings. The summed E-state index contributed by atoms with van der Waals surface area (Å²) in [5.41, 5.74) is 3.96. The van der Waals surface area contributed by atoms with Crippen molar-refractivity contribution in [2.45, 2.75) is 39.8 Å². The second-order valence-corrected chi connectivity index (χ2v) is 11.8. The summed E-state index contributed by atoms with van der Waals surface area (Å²) in [6, 6.07) is 14.5. The summed E-state index contributed by atoms with van der Waals surface area (Å²) < 4.78 is 39.9. The fourth-order valence-corrected chi connectivity index (χ4v) is 5.52. The Morgan fingerprint density at radius 1 is 1.07 bits per heavy atom. The molecule has 5 rings (SSSR count). The molecule has 2 heterocycles. The molecular formula is C30H31N3O6S. The molecule has 3 aromatic rings. The number of pyridine rings is 1. The summed E-state index contributed by atoms with van der Waals surface area (Å²) in [5.74, 6) is 0.939. The number of nitrogens with one attached hydrogen (secondary N) is 2. The van der Waals surface area contributed by atoms with Crippen LogP contribution < -0.4 is 19.5 Å². The van der Waals surface area contributed by atoms with Crippen LogP contribution in [0.3, 0.4) is 0 Å². The molecule has 2 aromatic carbocycles. The third-order valence-corrected chi connectivity index (χ3v) is 8.09. The average molecular weight is 562 g/mol. The molecule has 10 heteroatoms. The highest BCUT2D eigenvalue weighted by molar-refractivity contribution is 7.94. The van der Waals surface area contributed by atoms with Crippen molar-refractivity contribution < 1.29 is 27.8 Å². The van der Waals surface area contributed by atoms with E-state index in [4.69, 9.17) is 9.47 Å². The van der Waals surface area contributed by atoms with E-state index in [-0.39, 0.29) is 16.3 Å². The van der Waals surface area contributed by atoms with Crippen LogP contribution in [0.2, 0.25) is 0 Å². The van der Waals surface area contributed by atoms with Crippen LogP contribution >= 0.6 is 0 Å². The SMILES string of the molecule is Cc1cc(C)c(Oc2nc(-c3ccc(OCC4CC4)cc3)ccc2C(=O)NS(=O)(=O)C2=CC=CNC2O)c(C)c1. The van der Waals surface area contributed by atoms with E-state index < -0.39 is 22.2 Å². The molecule has 40 heavy (non-hydrogen) atoms. The van der Waals surface area contributed by atoms with E-state index in [0.29, 0.717) is 24.0 Å². The first-order valence-corrected chi connectivity index (χ1v) is 14.5. The number of sulfonamides is 1. The molecule has 1 saturated carbocycles. The highest BCUT2D eigenvalue weighted by Crippen LogP contribution is 2.34. The largest absolute Gasteiger partial charge is 0.493 e. The van der Waals surface area contributed by atoms with E-state index in [1.165, 1.54) is 37.3 Å². The molecule has 0 bridgehead atoms. The number of hydrogen-bond donors (Lipinski definition) is 3. The van der Waals surface area contributed by atoms with E-state index in [9.17, 15) is 18.3 Å². The third-order valence-electron chi connectivity index (χ3n) is 6.66. The van der Waals surface area contributed by atoms with Gasteiger partial charge in [-0.25, -0.2) is 18.1 Å². The Labute approximate surface area is 233 Å². The van der Waals surface area contributed by atoms with Crippen LogP contribution in [0.15, 0.2) is 71.8 Å². The monoisotopic (exact) mass is 561 g/mol. The first-order chi connectivity index (χ1) is 19.1. The van der Waals surface area contributed by atoms with Gasteiger partial charge in [-0.05, 0) is 105 Å². The number of nitrogens with zero attached hydrogens (tertiary/aromatic N) is 1. The van der Waals surface area contributed by atoms with Gasteiger partial charge in [-0.1, -0.05) is 17.7 Å². The fourth-order valence-electron chi connectivity index (χ4n) is 4.43. The number of dihydropyridines is 1. The molecule has 208 valence electrons. The van der Waals surface area contributed by atoms with Crippen molar-refractivity contribution in [3.05, 3.63) is 94.0 Å². The molecule has 0 spiro atoms. The summed E-state index contributed by atoms with van der Waals surface area (Å²) >= 11 is 0. The Balaban J connectivity index is 1.48. The van der Waals surface area contributed by atoms with E-state index >= 15 is 0 Å². The molecule has 0 radical (unpaired) electrons. The smallest absolute Gasteiger partial charge is 0.270 e. The number of carbonyl (C=O) groups is 1. The standard InChI is InChI=1S/C30H31N3O6S/c1-18-15-19(2)27(20(3)16-18)39-30-24(28(34)33-40(36,37)26-5-4-14-31-29(26)35)12-13-25(32-30)22-8-10-23(11-9-22)38-17-21-6-7-21/h4-5,8-16,21,29,31,35H,6-7,17H2,1-3H3,(H,33,34). The number of aromatic nitrogens is 1. The second kappa shape index (κ2) is 11.1. The van der Waals surface area contributed by atoms with Gasteiger partial charge in [0.05, 0.1) is 12.3 Å². The Hall–Kier alpha value is -4.15. The first kappa shape index (κ1) is 27.4. The Bertz CT molecular complexity index is 1590. The molecule has 0 saturated heterocycles. The van der Waals surface area contributed by atoms with E-state index in [0.717, 1.165) is 28.0 Å². The number of ether oxygens (including phenoxy) is 2. The molecule has 1 aromatic heterocycles. The van der Waals surface area contributed by atoms with Crippen LogP contribution in [0.1, 0.15) is 39.9 Å². The predicted octanol–water partition coefficient (Wildman–Crippen LogP) is 4.63. The number of aliphatic hydroxyl groups is 1. The number of carbonyl (C=O) groups excluding carboxylic acids is 1. The van der Waals surface area contributed by atoms with E-state index in [1.807, 2.05) is 61.9 Å². The topological polar surface area (TPSA) is 127 Å². The fraction of sp³-hybridized carbons (Fsp3) is 0.267. The zero-order chi connectivity index (χ0) is 28.4. The van der Waals surface area contributed by atoms with Crippen molar-refractivity contribution in [2.24, 2.45) is 5.92 Å². The third kappa shape index (κ3) is 6.19. The highest BCUT2D eigenvalue weighted by atomic mass is 32.2. The number of rotatable bonds is 9. The van der Waals surface area contributed by atoms with Crippen molar-refractivity contribution >= 4 is 15.9 Å². The lowest BCUT2D eigenvalue weighted by molar-refractivity contribution is 0.0978. The van der Waals surface area contributed by atoms with Crippen LogP contribution in [-0.4, -0.2) is 37.3 Å². The van der Waals surface area contributed by atoms with E-state index in [2.05, 4.69) is 10.3 Å². The van der Waals surface area contributed by atoms with Gasteiger partial charge in [0.2, 0.25) is 5.88 Å². The zero-order valence-corrected chi connectivity index (χ0v) is 23.3. The first-order valence-electron chi connectivity index (χ1n) is 13.0. The number of amides is 1. The van der Waals surface area contributed by atoms with Crippen LogP contribution in [0.4, 0.5) is 0 Å². The molecule has 1 unspecified atom stereocenters. The lowest BCUT2D eigenvalue weighted by Crippen LogP contribution is -2.39. The molecular weight excluding hydrogens is 530 g/mol. The lowest BCUT2D eigenvalue weighted by Gasteiger charge is -2.19. The number of aryl methyl sites for hydroxylation is 3. The summed E-state index contributed by atoms with van der Waals surface area (Å²) in [7, 11) is -4.37. The quantitative estimate of drug-likeness (QED) is 0.345. The normalized spacial score (nSPS) is 16.6. The number of aliphatic hydroxyl groups excluding tert-OH is 1. The van der Waals surface area contributed by atoms with Gasteiger partial charge in [0.25, 0.3) is 15.9 Å². The number of allylic oxidation sites excluding steroid dienone is 2. The maximum atomic E-state index is 13.3. The minimum Gasteiger partial charge on any atom is -0.493 e. The van der Waals surface area contributed by atoms with Gasteiger partial charge < -0.3 is 19.9 Å². The zero-order valence-electron chi connectivity index (χ0n) is 22.5. The van der Waals surface area contributed by atoms with Gasteiger partial charge in [-0.2, -0.15) is 0 Å². The summed E-state index contributed by atoms with van der Waals surface area (Å²) in [6.07, 6.45) is 4.96. The molecule has 1 fully saturated rings. The molecule has 1 atom stereocenters. The number of benzene rings is 2. The average Bonchev–Trinajstić information content (AvgIpc) is 3.74. The van der Waals surface area contributed by atoms with Crippen LogP contribution in [0.25, 0.3) is 11.3 Å². The predicted molar refractivity (Wildman–Crippen MR) is 151 cm³/mol. The minimum atomic E-state index is -4.37. The molecule has 1 aliphatic heterocycles. The molecule has 9 nitrogen and oxygen atoms in total. The molecule has 1 aliphatic carbocycles. The van der Waals surface area contributed by atoms with Crippen molar-refractivity contribution in [3.63, 3.8) is 0 Å². The van der Waals surface area contributed by atoms with Crippen molar-refractivity contribution in [3.8, 4) is 28.6 Å². The summed E-state index contributed by atoms with van der Waals surface area (Å²) in [5, 5.41) is 12.5. The molecule has 3 N–H and O–H groups in total. The minimum absolute atomic E-state index is 0.0505. The van der Waals surface area contributed by atoms with Crippen LogP contribution in [0, 0.1) is 26.7 Å². The number of hydrogen-bond acceptors (Lipinski definition) is 8. The Kier molecular flexibility index (Phi) is 7.64. The van der Waals surface area contributed by atoms with Gasteiger partial charge in [0.1, 0.15) is 22.0 Å². The maximum Gasteiger partial charge on any atom is 0.270 e. The van der Waals surface area contributed by atoms with E-state index in [1.54, 1.807) is 6.07 Å². The van der Waals surface area contributed by atoms with Gasteiger partial charge in [-0.3, -0.25) is 4.79 Å². The highest BCUT2D eigenvalue weighted by Gasteiger charge is 2.29. The maximum absolute atomic E-state index is 13.3. The van der Waals surface area contributed by atoms with Gasteiger partial charge in [-0.15, -0.1) is 0 Å². The van der Waals surface area contributed by atoms with Crippen molar-refractivity contribution in [1.82, 2.24) is 15.0 Å².